The molecule has 2 aromatic rings. The molecule has 1 heterocycles. The molecule has 1 aromatic heterocycles. The molecule has 0 amide bonds. The third kappa shape index (κ3) is 3.09. The maximum atomic E-state index is 12.0. The summed E-state index contributed by atoms with van der Waals surface area (Å²) < 4.78 is 0. The standard InChI is InChI=1S/C16H16N2O2/c1-10-11(2)18-15(12(3)17-10)8-9-16(20)13-4-6-14(19)7-5-13/h4-9,19H,1-3H3/b9-8+. The quantitative estimate of drug-likeness (QED) is 0.686. The van der Waals surface area contributed by atoms with Gasteiger partial charge in [0.05, 0.1) is 22.8 Å². The highest BCUT2D eigenvalue weighted by Crippen LogP contribution is 2.12. The summed E-state index contributed by atoms with van der Waals surface area (Å²) in [5, 5.41) is 9.19. The number of benzene rings is 1. The zero-order valence-corrected chi connectivity index (χ0v) is 11.7. The highest BCUT2D eigenvalue weighted by Gasteiger charge is 2.05. The van der Waals surface area contributed by atoms with E-state index in [1.54, 1.807) is 18.2 Å². The molecule has 4 nitrogen and oxygen atoms in total. The molecular formula is C16H16N2O2. The van der Waals surface area contributed by atoms with Gasteiger partial charge in [0.1, 0.15) is 5.75 Å². The lowest BCUT2D eigenvalue weighted by Gasteiger charge is -2.03. The number of carbonyl (C=O) groups excluding carboxylic acids is 1. The minimum atomic E-state index is -0.135. The van der Waals surface area contributed by atoms with Crippen LogP contribution in [0, 0.1) is 20.8 Å². The second kappa shape index (κ2) is 5.65. The maximum Gasteiger partial charge on any atom is 0.185 e. The number of ketones is 1. The smallest absolute Gasteiger partial charge is 0.185 e. The minimum absolute atomic E-state index is 0.135. The van der Waals surface area contributed by atoms with Gasteiger partial charge in [-0.25, -0.2) is 4.98 Å². The molecule has 0 saturated heterocycles. The van der Waals surface area contributed by atoms with Crippen LogP contribution >= 0.6 is 0 Å². The van der Waals surface area contributed by atoms with Gasteiger partial charge in [0.15, 0.2) is 5.78 Å². The Hall–Kier alpha value is -2.49. The van der Waals surface area contributed by atoms with E-state index in [1.807, 2.05) is 20.8 Å². The van der Waals surface area contributed by atoms with E-state index in [4.69, 9.17) is 0 Å². The van der Waals surface area contributed by atoms with E-state index in [2.05, 4.69) is 9.97 Å². The Balaban J connectivity index is 2.23. The number of aromatic nitrogens is 2. The Bertz CT molecular complexity index is 674. The topological polar surface area (TPSA) is 63.1 Å². The molecule has 2 rings (SSSR count). The van der Waals surface area contributed by atoms with Crippen LogP contribution in [0.15, 0.2) is 30.3 Å². The van der Waals surface area contributed by atoms with Crippen LogP contribution in [-0.2, 0) is 0 Å². The largest absolute Gasteiger partial charge is 0.508 e. The number of aromatic hydroxyl groups is 1. The second-order valence-electron chi connectivity index (χ2n) is 4.61. The molecule has 20 heavy (non-hydrogen) atoms. The van der Waals surface area contributed by atoms with E-state index in [1.165, 1.54) is 18.2 Å². The van der Waals surface area contributed by atoms with Crippen molar-refractivity contribution in [1.29, 1.82) is 0 Å². The number of nitrogens with zero attached hydrogens (tertiary/aromatic N) is 2. The first kappa shape index (κ1) is 13.9. The molecule has 1 N–H and O–H groups in total. The SMILES string of the molecule is Cc1nc(C)c(/C=C/C(=O)c2ccc(O)cc2)nc1C. The Morgan fingerprint density at radius 2 is 1.60 bits per heavy atom. The highest BCUT2D eigenvalue weighted by molar-refractivity contribution is 6.06. The lowest BCUT2D eigenvalue weighted by molar-refractivity contribution is 0.104. The van der Waals surface area contributed by atoms with Crippen molar-refractivity contribution in [3.8, 4) is 5.75 Å². The summed E-state index contributed by atoms with van der Waals surface area (Å²) in [6.45, 7) is 5.66. The molecule has 0 fully saturated rings. The summed E-state index contributed by atoms with van der Waals surface area (Å²) in [7, 11) is 0. The molecule has 0 atom stereocenters. The zero-order valence-electron chi connectivity index (χ0n) is 11.7. The lowest BCUT2D eigenvalue weighted by Crippen LogP contribution is -1.99. The van der Waals surface area contributed by atoms with Crippen LogP contribution in [0.1, 0.15) is 33.1 Å². The van der Waals surface area contributed by atoms with Crippen molar-refractivity contribution < 1.29 is 9.90 Å². The number of allylic oxidation sites excluding steroid dienone is 1. The van der Waals surface area contributed by atoms with Gasteiger partial charge in [-0.3, -0.25) is 9.78 Å². The predicted molar refractivity (Wildman–Crippen MR) is 77.7 cm³/mol. The van der Waals surface area contributed by atoms with Gasteiger partial charge in [-0.1, -0.05) is 0 Å². The number of phenols is 1. The van der Waals surface area contributed by atoms with Crippen molar-refractivity contribution in [2.45, 2.75) is 20.8 Å². The van der Waals surface area contributed by atoms with Crippen LogP contribution in [-0.4, -0.2) is 20.9 Å². The number of rotatable bonds is 3. The molecule has 0 aliphatic heterocycles. The van der Waals surface area contributed by atoms with E-state index in [-0.39, 0.29) is 11.5 Å². The first-order valence-electron chi connectivity index (χ1n) is 6.30. The van der Waals surface area contributed by atoms with E-state index in [9.17, 15) is 9.90 Å². The highest BCUT2D eigenvalue weighted by atomic mass is 16.3. The van der Waals surface area contributed by atoms with Gasteiger partial charge >= 0.3 is 0 Å². The first-order chi connectivity index (χ1) is 9.47. The van der Waals surface area contributed by atoms with Gasteiger partial charge < -0.3 is 5.11 Å². The average molecular weight is 268 g/mol. The molecule has 0 bridgehead atoms. The normalized spacial score (nSPS) is 10.9. The molecule has 102 valence electrons. The Morgan fingerprint density at radius 3 is 2.25 bits per heavy atom. The lowest BCUT2D eigenvalue weighted by atomic mass is 10.1. The number of aryl methyl sites for hydroxylation is 3. The van der Waals surface area contributed by atoms with Gasteiger partial charge in [0, 0.05) is 5.56 Å². The van der Waals surface area contributed by atoms with Crippen LogP contribution < -0.4 is 0 Å². The average Bonchev–Trinajstić information content (AvgIpc) is 2.42. The maximum absolute atomic E-state index is 12.0. The van der Waals surface area contributed by atoms with Crippen molar-refractivity contribution in [2.24, 2.45) is 0 Å². The van der Waals surface area contributed by atoms with Crippen LogP contribution in [0.2, 0.25) is 0 Å². The Labute approximate surface area is 117 Å². The summed E-state index contributed by atoms with van der Waals surface area (Å²) in [5.41, 5.74) is 3.76. The van der Waals surface area contributed by atoms with Crippen molar-refractivity contribution >= 4 is 11.9 Å². The monoisotopic (exact) mass is 268 g/mol. The molecule has 0 unspecified atom stereocenters. The molecule has 0 saturated carbocycles. The molecule has 0 aliphatic carbocycles. The van der Waals surface area contributed by atoms with E-state index < -0.39 is 0 Å². The van der Waals surface area contributed by atoms with Crippen LogP contribution in [0.3, 0.4) is 0 Å². The third-order valence-electron chi connectivity index (χ3n) is 3.06. The Kier molecular flexibility index (Phi) is 3.94. The number of hydrogen-bond donors (Lipinski definition) is 1. The van der Waals surface area contributed by atoms with Crippen molar-refractivity contribution in [2.75, 3.05) is 0 Å². The summed E-state index contributed by atoms with van der Waals surface area (Å²) in [5.74, 6) is 0.00540. The van der Waals surface area contributed by atoms with Gasteiger partial charge in [0.2, 0.25) is 0 Å². The number of hydrogen-bond acceptors (Lipinski definition) is 4. The Morgan fingerprint density at radius 1 is 1.00 bits per heavy atom. The second-order valence-corrected chi connectivity index (χ2v) is 4.61. The van der Waals surface area contributed by atoms with Crippen LogP contribution in [0.5, 0.6) is 5.75 Å². The number of carbonyl (C=O) groups is 1. The fraction of sp³-hybridized carbons (Fsp3) is 0.188. The van der Waals surface area contributed by atoms with Gasteiger partial charge in [-0.05, 0) is 57.2 Å². The fourth-order valence-electron chi connectivity index (χ4n) is 1.77. The van der Waals surface area contributed by atoms with E-state index in [0.29, 0.717) is 11.3 Å². The molecular weight excluding hydrogens is 252 g/mol. The van der Waals surface area contributed by atoms with E-state index in [0.717, 1.165) is 17.1 Å². The van der Waals surface area contributed by atoms with Crippen molar-refractivity contribution in [3.63, 3.8) is 0 Å². The summed E-state index contributed by atoms with van der Waals surface area (Å²) in [6, 6.07) is 6.15. The first-order valence-corrected chi connectivity index (χ1v) is 6.30. The van der Waals surface area contributed by atoms with Gasteiger partial charge in [-0.15, -0.1) is 0 Å². The van der Waals surface area contributed by atoms with Gasteiger partial charge in [0.25, 0.3) is 0 Å². The summed E-state index contributed by atoms with van der Waals surface area (Å²) in [4.78, 5) is 20.8. The van der Waals surface area contributed by atoms with Crippen molar-refractivity contribution in [3.05, 3.63) is 58.7 Å². The van der Waals surface area contributed by atoms with E-state index >= 15 is 0 Å². The number of phenolic OH excluding ortho intramolecular Hbond substituents is 1. The molecule has 0 radical (unpaired) electrons. The van der Waals surface area contributed by atoms with Gasteiger partial charge in [-0.2, -0.15) is 0 Å². The fourth-order valence-corrected chi connectivity index (χ4v) is 1.77. The molecule has 4 heteroatoms. The summed E-state index contributed by atoms with van der Waals surface area (Å²) in [6.07, 6.45) is 3.14. The van der Waals surface area contributed by atoms with Crippen molar-refractivity contribution in [1.82, 2.24) is 9.97 Å². The molecule has 0 spiro atoms. The summed E-state index contributed by atoms with van der Waals surface area (Å²) >= 11 is 0. The molecule has 1 aromatic carbocycles. The molecule has 0 aliphatic rings. The zero-order chi connectivity index (χ0) is 14.7. The van der Waals surface area contributed by atoms with Crippen LogP contribution in [0.25, 0.3) is 6.08 Å². The minimum Gasteiger partial charge on any atom is -0.508 e. The predicted octanol–water partition coefficient (Wildman–Crippen LogP) is 3.00. The van der Waals surface area contributed by atoms with Crippen LogP contribution in [0.4, 0.5) is 0 Å². The third-order valence-corrected chi connectivity index (χ3v) is 3.06.